The van der Waals surface area contributed by atoms with Gasteiger partial charge in [0, 0.05) is 23.7 Å². The topological polar surface area (TPSA) is 128 Å². The van der Waals surface area contributed by atoms with Crippen LogP contribution in [0.5, 0.6) is 0 Å². The number of sulfone groups is 1. The van der Waals surface area contributed by atoms with Crippen LogP contribution in [0.2, 0.25) is 5.02 Å². The number of amides is 2. The summed E-state index contributed by atoms with van der Waals surface area (Å²) in [4.78, 5) is 39.1. The Labute approximate surface area is 195 Å². The summed E-state index contributed by atoms with van der Waals surface area (Å²) in [6.07, 6.45) is 1.15. The number of hydrogen-bond acceptors (Lipinski definition) is 7. The normalized spacial score (nSPS) is 19.1. The highest BCUT2D eigenvalue weighted by Crippen LogP contribution is 2.33. The Bertz CT molecular complexity index is 1210. The molecule has 0 bridgehead atoms. The van der Waals surface area contributed by atoms with Crippen molar-refractivity contribution in [3.05, 3.63) is 40.5 Å². The minimum absolute atomic E-state index is 0.0913. The summed E-state index contributed by atoms with van der Waals surface area (Å²) in [7, 11) is -3.38. The fraction of sp³-hybridized carbons (Fsp3) is 0.429. The molecule has 2 amide bonds. The van der Waals surface area contributed by atoms with Gasteiger partial charge in [-0.15, -0.1) is 0 Å². The third kappa shape index (κ3) is 4.88. The first kappa shape index (κ1) is 23.2. The summed E-state index contributed by atoms with van der Waals surface area (Å²) >= 11 is 5.96. The number of nitrogens with zero attached hydrogens (tertiary/aromatic N) is 3. The molecule has 10 nitrogen and oxygen atoms in total. The predicted molar refractivity (Wildman–Crippen MR) is 119 cm³/mol. The van der Waals surface area contributed by atoms with Crippen LogP contribution in [-0.4, -0.2) is 60.6 Å². The summed E-state index contributed by atoms with van der Waals surface area (Å²) in [6, 6.07) is 6.62. The molecule has 1 N–H and O–H groups in total. The summed E-state index contributed by atoms with van der Waals surface area (Å²) < 4.78 is 30.7. The molecule has 1 aromatic carbocycles. The van der Waals surface area contributed by atoms with Crippen LogP contribution in [0.3, 0.4) is 0 Å². The average molecular weight is 495 g/mol. The van der Waals surface area contributed by atoms with Crippen LogP contribution in [0.4, 0.5) is 5.82 Å². The second kappa shape index (κ2) is 9.14. The van der Waals surface area contributed by atoms with Crippen LogP contribution in [0.1, 0.15) is 31.0 Å². The van der Waals surface area contributed by atoms with Crippen LogP contribution in [0.25, 0.3) is 5.69 Å². The number of likely N-dealkylation sites (tertiary alicyclic amines) is 1. The second-order valence-corrected chi connectivity index (χ2v) is 10.5. The first-order valence-corrected chi connectivity index (χ1v) is 12.7. The van der Waals surface area contributed by atoms with Crippen LogP contribution >= 0.6 is 11.6 Å². The number of nitrogens with one attached hydrogen (secondary N) is 1. The molecule has 4 rings (SSSR count). The van der Waals surface area contributed by atoms with E-state index in [4.69, 9.17) is 16.3 Å². The molecule has 12 heteroatoms. The number of hydrogen-bond donors (Lipinski definition) is 1. The maximum atomic E-state index is 12.9. The monoisotopic (exact) mass is 494 g/mol. The van der Waals surface area contributed by atoms with Gasteiger partial charge in [-0.1, -0.05) is 11.6 Å². The van der Waals surface area contributed by atoms with Crippen LogP contribution in [0.15, 0.2) is 24.3 Å². The Hall–Kier alpha value is -2.92. The lowest BCUT2D eigenvalue weighted by atomic mass is 9.98. The fourth-order valence-electron chi connectivity index (χ4n) is 4.06. The van der Waals surface area contributed by atoms with Gasteiger partial charge in [-0.05, 0) is 44.0 Å². The van der Waals surface area contributed by atoms with Gasteiger partial charge < -0.3 is 15.0 Å². The van der Waals surface area contributed by atoms with Gasteiger partial charge >= 0.3 is 17.8 Å². The number of carbonyl (C=O) groups excluding carboxylic acids is 3. The minimum Gasteiger partial charge on any atom is -0.466 e. The van der Waals surface area contributed by atoms with E-state index in [0.29, 0.717) is 41.4 Å². The van der Waals surface area contributed by atoms with E-state index in [2.05, 4.69) is 10.4 Å². The maximum Gasteiger partial charge on any atom is 0.315 e. The van der Waals surface area contributed by atoms with Crippen molar-refractivity contribution in [3.8, 4) is 5.69 Å². The summed E-state index contributed by atoms with van der Waals surface area (Å²) in [5.74, 6) is -3.00. The predicted octanol–water partition coefficient (Wildman–Crippen LogP) is 1.69. The molecule has 33 heavy (non-hydrogen) atoms. The molecule has 1 unspecified atom stereocenters. The van der Waals surface area contributed by atoms with E-state index in [9.17, 15) is 22.8 Å². The van der Waals surface area contributed by atoms with E-state index >= 15 is 0 Å². The zero-order chi connectivity index (χ0) is 23.8. The van der Waals surface area contributed by atoms with Crippen molar-refractivity contribution in [2.45, 2.75) is 31.3 Å². The molecule has 1 fully saturated rings. The number of esters is 1. The van der Waals surface area contributed by atoms with Gasteiger partial charge in [0.15, 0.2) is 9.84 Å². The summed E-state index contributed by atoms with van der Waals surface area (Å²) in [5.41, 5.74) is 1.23. The Kier molecular flexibility index (Phi) is 6.44. The Morgan fingerprint density at radius 1 is 1.21 bits per heavy atom. The van der Waals surface area contributed by atoms with Gasteiger partial charge in [0.1, 0.15) is 5.82 Å². The highest BCUT2D eigenvalue weighted by Gasteiger charge is 2.36. The quantitative estimate of drug-likeness (QED) is 0.506. The SMILES string of the molecule is CCOC(=O)C1CCCN(C(=O)C(=O)Nc2c3c(nn2-c2ccc(Cl)cc2)CS(=O)(=O)C3)C1. The lowest BCUT2D eigenvalue weighted by Crippen LogP contribution is -2.47. The molecule has 3 heterocycles. The molecule has 0 spiro atoms. The van der Waals surface area contributed by atoms with Gasteiger partial charge in [0.25, 0.3) is 0 Å². The zero-order valence-corrected chi connectivity index (χ0v) is 19.5. The van der Waals surface area contributed by atoms with E-state index in [-0.39, 0.29) is 36.4 Å². The van der Waals surface area contributed by atoms with E-state index in [1.54, 1.807) is 31.2 Å². The molecule has 1 saturated heterocycles. The van der Waals surface area contributed by atoms with Crippen molar-refractivity contribution >= 4 is 45.0 Å². The average Bonchev–Trinajstić information content (AvgIpc) is 3.26. The first-order chi connectivity index (χ1) is 15.7. The first-order valence-electron chi connectivity index (χ1n) is 10.5. The Morgan fingerprint density at radius 2 is 1.94 bits per heavy atom. The molecule has 2 aliphatic rings. The van der Waals surface area contributed by atoms with Gasteiger partial charge in [0.05, 0.1) is 35.4 Å². The number of carbonyl (C=O) groups is 3. The number of anilines is 1. The van der Waals surface area contributed by atoms with Crippen molar-refractivity contribution < 1.29 is 27.5 Å². The third-order valence-electron chi connectivity index (χ3n) is 5.61. The molecule has 2 aliphatic heterocycles. The number of piperidine rings is 1. The van der Waals surface area contributed by atoms with Gasteiger partial charge in [-0.3, -0.25) is 14.4 Å². The van der Waals surface area contributed by atoms with Crippen molar-refractivity contribution in [1.29, 1.82) is 0 Å². The molecule has 176 valence electrons. The second-order valence-electron chi connectivity index (χ2n) is 7.99. The highest BCUT2D eigenvalue weighted by atomic mass is 35.5. The molecule has 2 aromatic rings. The van der Waals surface area contributed by atoms with Crippen LogP contribution in [0, 0.1) is 5.92 Å². The van der Waals surface area contributed by atoms with E-state index in [1.165, 1.54) is 9.58 Å². The number of halogens is 1. The largest absolute Gasteiger partial charge is 0.466 e. The molecule has 0 saturated carbocycles. The Morgan fingerprint density at radius 3 is 2.64 bits per heavy atom. The van der Waals surface area contributed by atoms with Crippen molar-refractivity contribution in [1.82, 2.24) is 14.7 Å². The number of fused-ring (bicyclic) bond motifs is 1. The standard InChI is InChI=1S/C21H23ClN4O6S/c1-2-32-21(29)13-4-3-9-25(10-13)20(28)19(27)23-18-16-11-33(30,31)12-17(16)24-26(18)15-7-5-14(22)6-8-15/h5-8,13H,2-4,9-12H2,1H3,(H,23,27). The maximum absolute atomic E-state index is 12.9. The van der Waals surface area contributed by atoms with Crippen LogP contribution < -0.4 is 5.32 Å². The number of aromatic nitrogens is 2. The summed E-state index contributed by atoms with van der Waals surface area (Å²) in [6.45, 7) is 2.38. The lowest BCUT2D eigenvalue weighted by molar-refractivity contribution is -0.153. The number of ether oxygens (including phenoxy) is 1. The van der Waals surface area contributed by atoms with Crippen molar-refractivity contribution in [2.24, 2.45) is 5.92 Å². The van der Waals surface area contributed by atoms with Gasteiger partial charge in [-0.25, -0.2) is 13.1 Å². The van der Waals surface area contributed by atoms with E-state index in [1.807, 2.05) is 0 Å². The molecular weight excluding hydrogens is 472 g/mol. The van der Waals surface area contributed by atoms with Gasteiger partial charge in [0.2, 0.25) is 0 Å². The molecule has 0 aliphatic carbocycles. The van der Waals surface area contributed by atoms with E-state index in [0.717, 1.165) is 0 Å². The third-order valence-corrected chi connectivity index (χ3v) is 7.31. The number of benzene rings is 1. The van der Waals surface area contributed by atoms with Crippen LogP contribution in [-0.2, 0) is 40.5 Å². The fourth-order valence-corrected chi connectivity index (χ4v) is 5.68. The lowest BCUT2D eigenvalue weighted by Gasteiger charge is -2.31. The van der Waals surface area contributed by atoms with E-state index < -0.39 is 27.6 Å². The molecule has 1 aromatic heterocycles. The summed E-state index contributed by atoms with van der Waals surface area (Å²) in [5, 5.41) is 7.43. The molecule has 1 atom stereocenters. The smallest absolute Gasteiger partial charge is 0.315 e. The zero-order valence-electron chi connectivity index (χ0n) is 17.9. The molecule has 0 radical (unpaired) electrons. The minimum atomic E-state index is -3.38. The highest BCUT2D eigenvalue weighted by molar-refractivity contribution is 7.90. The Balaban J connectivity index is 1.58. The van der Waals surface area contributed by atoms with Crippen molar-refractivity contribution in [3.63, 3.8) is 0 Å². The number of rotatable bonds is 4. The van der Waals surface area contributed by atoms with Crippen molar-refractivity contribution in [2.75, 3.05) is 25.0 Å². The molecular formula is C21H23ClN4O6S. The van der Waals surface area contributed by atoms with Gasteiger partial charge in [-0.2, -0.15) is 5.10 Å².